The van der Waals surface area contributed by atoms with E-state index >= 15 is 0 Å². The number of nitrogens with two attached hydrogens (primary N) is 1. The number of aromatic nitrogens is 2. The first-order valence-electron chi connectivity index (χ1n) is 6.71. The number of nitrogens with zero attached hydrogens (tertiary/aromatic N) is 2. The Morgan fingerprint density at radius 3 is 2.71 bits per heavy atom. The van der Waals surface area contributed by atoms with Crippen molar-refractivity contribution in [2.75, 3.05) is 17.2 Å². The van der Waals surface area contributed by atoms with Crippen molar-refractivity contribution in [1.29, 1.82) is 0 Å². The van der Waals surface area contributed by atoms with Crippen LogP contribution < -0.4 is 5.73 Å². The normalized spacial score (nSPS) is 15.4. The van der Waals surface area contributed by atoms with Gasteiger partial charge < -0.3 is 10.3 Å². The van der Waals surface area contributed by atoms with Crippen molar-refractivity contribution in [1.82, 2.24) is 9.55 Å². The zero-order valence-corrected chi connectivity index (χ0v) is 11.7. The van der Waals surface area contributed by atoms with Gasteiger partial charge in [-0.15, -0.1) is 0 Å². The minimum Gasteiger partial charge on any atom is -0.384 e. The summed E-state index contributed by atoms with van der Waals surface area (Å²) in [6.07, 6.45) is 5.77. The molecule has 2 rings (SSSR count). The Hall–Kier alpha value is -0.640. The van der Waals surface area contributed by atoms with Crippen molar-refractivity contribution < 1.29 is 0 Å². The van der Waals surface area contributed by atoms with E-state index in [1.54, 1.807) is 0 Å². The quantitative estimate of drug-likeness (QED) is 0.760. The van der Waals surface area contributed by atoms with Gasteiger partial charge in [0.05, 0.1) is 5.69 Å². The van der Waals surface area contributed by atoms with E-state index in [2.05, 4.69) is 18.4 Å². The zero-order chi connectivity index (χ0) is 12.3. The summed E-state index contributed by atoms with van der Waals surface area (Å²) in [5.41, 5.74) is 7.37. The minimum absolute atomic E-state index is 0.650. The van der Waals surface area contributed by atoms with Crippen molar-refractivity contribution in [2.24, 2.45) is 0 Å². The summed E-state index contributed by atoms with van der Waals surface area (Å²) in [5, 5.41) is 0. The third-order valence-corrected chi connectivity index (χ3v) is 4.07. The maximum Gasteiger partial charge on any atom is 0.127 e. The smallest absolute Gasteiger partial charge is 0.127 e. The maximum absolute atomic E-state index is 6.25. The highest BCUT2D eigenvalue weighted by Gasteiger charge is 2.29. The van der Waals surface area contributed by atoms with E-state index in [-0.39, 0.29) is 0 Å². The van der Waals surface area contributed by atoms with Crippen LogP contribution in [0.3, 0.4) is 0 Å². The molecule has 1 aromatic rings. The summed E-state index contributed by atoms with van der Waals surface area (Å²) in [4.78, 5) is 4.76. The SMILES string of the molecule is CCCc1nc(CCSCC)c(N)n1C1CC1. The average Bonchev–Trinajstić information content (AvgIpc) is 3.08. The van der Waals surface area contributed by atoms with Crippen molar-refractivity contribution in [3.8, 4) is 0 Å². The lowest BCUT2D eigenvalue weighted by atomic mass is 10.3. The Labute approximate surface area is 108 Å². The molecule has 96 valence electrons. The Balaban J connectivity index is 2.12. The van der Waals surface area contributed by atoms with E-state index in [1.165, 1.54) is 24.4 Å². The van der Waals surface area contributed by atoms with Crippen LogP contribution in [-0.4, -0.2) is 21.1 Å². The van der Waals surface area contributed by atoms with Gasteiger partial charge in [0.15, 0.2) is 0 Å². The number of nitrogen functional groups attached to an aromatic ring is 1. The molecule has 0 saturated heterocycles. The third kappa shape index (κ3) is 2.97. The van der Waals surface area contributed by atoms with Crippen LogP contribution in [0.4, 0.5) is 5.82 Å². The molecule has 0 spiro atoms. The second-order valence-electron chi connectivity index (χ2n) is 4.66. The van der Waals surface area contributed by atoms with Crippen molar-refractivity contribution in [3.05, 3.63) is 11.5 Å². The number of imidazole rings is 1. The molecule has 1 fully saturated rings. The van der Waals surface area contributed by atoms with Crippen LogP contribution >= 0.6 is 11.8 Å². The molecule has 0 aliphatic heterocycles. The molecular formula is C13H23N3S. The molecule has 2 N–H and O–H groups in total. The second-order valence-corrected chi connectivity index (χ2v) is 6.05. The summed E-state index contributed by atoms with van der Waals surface area (Å²) >= 11 is 1.96. The molecule has 1 aliphatic carbocycles. The highest BCUT2D eigenvalue weighted by molar-refractivity contribution is 7.99. The molecule has 1 heterocycles. The highest BCUT2D eigenvalue weighted by atomic mass is 32.2. The van der Waals surface area contributed by atoms with Gasteiger partial charge in [0.2, 0.25) is 0 Å². The Kier molecular flexibility index (Phi) is 4.37. The monoisotopic (exact) mass is 253 g/mol. The molecule has 1 aliphatic rings. The molecule has 0 unspecified atom stereocenters. The molecular weight excluding hydrogens is 230 g/mol. The molecule has 1 saturated carbocycles. The summed E-state index contributed by atoms with van der Waals surface area (Å²) in [6, 6.07) is 0.650. The van der Waals surface area contributed by atoms with Gasteiger partial charge in [-0.25, -0.2) is 4.98 Å². The van der Waals surface area contributed by atoms with E-state index < -0.39 is 0 Å². The molecule has 4 heteroatoms. The molecule has 1 aromatic heterocycles. The summed E-state index contributed by atoms with van der Waals surface area (Å²) in [7, 11) is 0. The lowest BCUT2D eigenvalue weighted by Gasteiger charge is -2.07. The first kappa shape index (κ1) is 12.8. The molecule has 3 nitrogen and oxygen atoms in total. The predicted molar refractivity (Wildman–Crippen MR) is 75.6 cm³/mol. The first-order valence-corrected chi connectivity index (χ1v) is 7.86. The predicted octanol–water partition coefficient (Wildman–Crippen LogP) is 3.05. The van der Waals surface area contributed by atoms with Crippen molar-refractivity contribution in [3.63, 3.8) is 0 Å². The number of rotatable bonds is 7. The molecule has 0 atom stereocenters. The van der Waals surface area contributed by atoms with Crippen LogP contribution in [0.1, 0.15) is 50.7 Å². The number of anilines is 1. The van der Waals surface area contributed by atoms with Gasteiger partial charge in [-0.2, -0.15) is 11.8 Å². The lowest BCUT2D eigenvalue weighted by Crippen LogP contribution is -2.05. The Morgan fingerprint density at radius 1 is 1.35 bits per heavy atom. The number of aryl methyl sites for hydroxylation is 2. The van der Waals surface area contributed by atoms with Gasteiger partial charge in [0.25, 0.3) is 0 Å². The van der Waals surface area contributed by atoms with Gasteiger partial charge in [0.1, 0.15) is 11.6 Å². The molecule has 17 heavy (non-hydrogen) atoms. The fourth-order valence-electron chi connectivity index (χ4n) is 2.18. The van der Waals surface area contributed by atoms with Gasteiger partial charge >= 0.3 is 0 Å². The minimum atomic E-state index is 0.650. The van der Waals surface area contributed by atoms with Crippen molar-refractivity contribution >= 4 is 17.6 Å². The van der Waals surface area contributed by atoms with Crippen LogP contribution in [0.25, 0.3) is 0 Å². The Bertz CT molecular complexity index is 369. The van der Waals surface area contributed by atoms with E-state index in [9.17, 15) is 0 Å². The maximum atomic E-state index is 6.25. The van der Waals surface area contributed by atoms with E-state index in [0.717, 1.165) is 36.5 Å². The summed E-state index contributed by atoms with van der Waals surface area (Å²) in [5.74, 6) is 4.45. The Morgan fingerprint density at radius 2 is 2.12 bits per heavy atom. The van der Waals surface area contributed by atoms with Gasteiger partial charge in [0, 0.05) is 18.9 Å². The molecule has 0 bridgehead atoms. The molecule has 0 amide bonds. The largest absolute Gasteiger partial charge is 0.384 e. The lowest BCUT2D eigenvalue weighted by molar-refractivity contribution is 0.676. The topological polar surface area (TPSA) is 43.8 Å². The summed E-state index contributed by atoms with van der Waals surface area (Å²) in [6.45, 7) is 4.40. The average molecular weight is 253 g/mol. The fourth-order valence-corrected chi connectivity index (χ4v) is 2.81. The number of hydrogen-bond donors (Lipinski definition) is 1. The second kappa shape index (κ2) is 5.80. The van der Waals surface area contributed by atoms with Crippen LogP contribution in [0.5, 0.6) is 0 Å². The van der Waals surface area contributed by atoms with Crippen LogP contribution in [0.15, 0.2) is 0 Å². The van der Waals surface area contributed by atoms with Gasteiger partial charge in [-0.3, -0.25) is 0 Å². The molecule has 0 radical (unpaired) electrons. The molecule has 0 aromatic carbocycles. The fraction of sp³-hybridized carbons (Fsp3) is 0.769. The van der Waals surface area contributed by atoms with Crippen LogP contribution in [0, 0.1) is 0 Å². The zero-order valence-electron chi connectivity index (χ0n) is 10.9. The first-order chi connectivity index (χ1) is 8.27. The number of hydrogen-bond acceptors (Lipinski definition) is 3. The number of thioether (sulfide) groups is 1. The van der Waals surface area contributed by atoms with Crippen LogP contribution in [0.2, 0.25) is 0 Å². The summed E-state index contributed by atoms with van der Waals surface area (Å²) < 4.78 is 2.30. The van der Waals surface area contributed by atoms with E-state index in [0.29, 0.717) is 6.04 Å². The van der Waals surface area contributed by atoms with Gasteiger partial charge in [-0.05, 0) is 30.8 Å². The third-order valence-electron chi connectivity index (χ3n) is 3.17. The van der Waals surface area contributed by atoms with Crippen LogP contribution in [-0.2, 0) is 12.8 Å². The standard InChI is InChI=1S/C13H23N3S/c1-3-5-12-15-11(8-9-17-4-2)13(14)16(12)10-6-7-10/h10H,3-9,14H2,1-2H3. The van der Waals surface area contributed by atoms with E-state index in [1.807, 2.05) is 11.8 Å². The highest BCUT2D eigenvalue weighted by Crippen LogP contribution is 2.39. The van der Waals surface area contributed by atoms with Crippen molar-refractivity contribution in [2.45, 2.75) is 52.0 Å². The van der Waals surface area contributed by atoms with E-state index in [4.69, 9.17) is 10.7 Å². The van der Waals surface area contributed by atoms with Gasteiger partial charge in [-0.1, -0.05) is 13.8 Å².